The number of pyridine rings is 1. The Balaban J connectivity index is 1.59. The van der Waals surface area contributed by atoms with Gasteiger partial charge in [0, 0.05) is 30.3 Å². The van der Waals surface area contributed by atoms with Crippen LogP contribution in [0.3, 0.4) is 0 Å². The number of imidazole rings is 1. The van der Waals surface area contributed by atoms with Gasteiger partial charge in [-0.2, -0.15) is 0 Å². The molecule has 130 valence electrons. The lowest BCUT2D eigenvalue weighted by molar-refractivity contribution is 0.102. The predicted molar refractivity (Wildman–Crippen MR) is 101 cm³/mol. The first-order valence-electron chi connectivity index (χ1n) is 8.43. The molecule has 0 aliphatic heterocycles. The van der Waals surface area contributed by atoms with Crippen LogP contribution in [-0.4, -0.2) is 25.4 Å². The second-order valence-electron chi connectivity index (χ2n) is 6.28. The molecule has 1 aromatic carbocycles. The third-order valence-electron chi connectivity index (χ3n) is 4.53. The van der Waals surface area contributed by atoms with Crippen LogP contribution in [0.5, 0.6) is 0 Å². The van der Waals surface area contributed by atoms with Crippen LogP contribution in [0.2, 0.25) is 0 Å². The van der Waals surface area contributed by atoms with Crippen molar-refractivity contribution in [2.75, 3.05) is 5.32 Å². The number of aromatic amines is 1. The number of aryl methyl sites for hydroxylation is 1. The van der Waals surface area contributed by atoms with Gasteiger partial charge in [0.2, 0.25) is 5.95 Å². The van der Waals surface area contributed by atoms with E-state index in [1.165, 1.54) is 0 Å². The van der Waals surface area contributed by atoms with Crippen molar-refractivity contribution >= 4 is 22.9 Å². The molecule has 3 heterocycles. The maximum absolute atomic E-state index is 12.7. The Morgan fingerprint density at radius 2 is 1.92 bits per heavy atom. The highest BCUT2D eigenvalue weighted by Gasteiger charge is 2.17. The Kier molecular flexibility index (Phi) is 4.01. The summed E-state index contributed by atoms with van der Waals surface area (Å²) in [5.41, 5.74) is 5.47. The minimum absolute atomic E-state index is 0.168. The lowest BCUT2D eigenvalue weighted by Crippen LogP contribution is -2.14. The van der Waals surface area contributed by atoms with E-state index in [2.05, 4.69) is 24.8 Å². The number of fused-ring (bicyclic) bond motifs is 1. The summed E-state index contributed by atoms with van der Waals surface area (Å²) in [6.07, 6.45) is 3.55. The molecule has 3 aromatic heterocycles. The van der Waals surface area contributed by atoms with E-state index in [-0.39, 0.29) is 5.91 Å². The zero-order chi connectivity index (χ0) is 18.1. The van der Waals surface area contributed by atoms with Gasteiger partial charge in [0.05, 0.1) is 16.6 Å². The second-order valence-corrected chi connectivity index (χ2v) is 6.28. The number of para-hydroxylation sites is 2. The Labute approximate surface area is 150 Å². The minimum Gasteiger partial charge on any atom is -0.344 e. The molecule has 0 saturated heterocycles. The summed E-state index contributed by atoms with van der Waals surface area (Å²) in [6, 6.07) is 13.6. The van der Waals surface area contributed by atoms with Gasteiger partial charge in [-0.25, -0.2) is 4.98 Å². The highest BCUT2D eigenvalue weighted by molar-refractivity contribution is 6.05. The van der Waals surface area contributed by atoms with Crippen molar-refractivity contribution in [3.8, 4) is 0 Å². The highest BCUT2D eigenvalue weighted by Crippen LogP contribution is 2.19. The quantitative estimate of drug-likeness (QED) is 0.592. The van der Waals surface area contributed by atoms with Gasteiger partial charge in [0.15, 0.2) is 0 Å². The van der Waals surface area contributed by atoms with Crippen LogP contribution < -0.4 is 5.32 Å². The number of H-pyrrole nitrogens is 1. The van der Waals surface area contributed by atoms with E-state index in [1.807, 2.05) is 56.3 Å². The Morgan fingerprint density at radius 1 is 1.15 bits per heavy atom. The van der Waals surface area contributed by atoms with Gasteiger partial charge in [-0.3, -0.25) is 15.1 Å². The number of aromatic nitrogens is 4. The largest absolute Gasteiger partial charge is 0.344 e. The summed E-state index contributed by atoms with van der Waals surface area (Å²) in [7, 11) is 0. The van der Waals surface area contributed by atoms with Gasteiger partial charge < -0.3 is 9.55 Å². The number of nitrogens with zero attached hydrogens (tertiary/aromatic N) is 3. The van der Waals surface area contributed by atoms with Crippen molar-refractivity contribution in [1.82, 2.24) is 19.5 Å². The zero-order valence-electron chi connectivity index (χ0n) is 14.7. The molecular formula is C20H19N5O. The first-order chi connectivity index (χ1) is 12.6. The van der Waals surface area contributed by atoms with Crippen LogP contribution in [0.1, 0.15) is 27.3 Å². The van der Waals surface area contributed by atoms with Crippen molar-refractivity contribution < 1.29 is 4.79 Å². The van der Waals surface area contributed by atoms with Crippen LogP contribution in [0.25, 0.3) is 11.0 Å². The van der Waals surface area contributed by atoms with Crippen LogP contribution in [0, 0.1) is 13.8 Å². The number of anilines is 1. The molecule has 6 nitrogen and oxygen atoms in total. The van der Waals surface area contributed by atoms with Gasteiger partial charge >= 0.3 is 0 Å². The third-order valence-corrected chi connectivity index (χ3v) is 4.53. The second kappa shape index (κ2) is 6.48. The summed E-state index contributed by atoms with van der Waals surface area (Å²) >= 11 is 0. The average Bonchev–Trinajstić information content (AvgIpc) is 3.17. The number of hydrogen-bond donors (Lipinski definition) is 2. The molecule has 4 aromatic rings. The van der Waals surface area contributed by atoms with Gasteiger partial charge in [0.1, 0.15) is 0 Å². The number of benzene rings is 1. The Morgan fingerprint density at radius 3 is 2.69 bits per heavy atom. The van der Waals surface area contributed by atoms with E-state index in [0.717, 1.165) is 28.0 Å². The van der Waals surface area contributed by atoms with Crippen molar-refractivity contribution in [2.45, 2.75) is 20.4 Å². The molecule has 0 bridgehead atoms. The molecule has 0 saturated carbocycles. The Hall–Kier alpha value is -3.41. The monoisotopic (exact) mass is 345 g/mol. The van der Waals surface area contributed by atoms with E-state index in [0.29, 0.717) is 18.1 Å². The molecule has 6 heteroatoms. The molecule has 1 amide bonds. The molecule has 0 aliphatic carbocycles. The van der Waals surface area contributed by atoms with Gasteiger partial charge in [0.25, 0.3) is 5.91 Å². The summed E-state index contributed by atoms with van der Waals surface area (Å²) < 4.78 is 2.13. The molecule has 2 N–H and O–H groups in total. The maximum atomic E-state index is 12.7. The van der Waals surface area contributed by atoms with Gasteiger partial charge in [-0.05, 0) is 49.7 Å². The van der Waals surface area contributed by atoms with E-state index < -0.39 is 0 Å². The van der Waals surface area contributed by atoms with Crippen molar-refractivity contribution in [1.29, 1.82) is 0 Å². The molecule has 0 unspecified atom stereocenters. The van der Waals surface area contributed by atoms with Crippen LogP contribution in [0.4, 0.5) is 5.95 Å². The van der Waals surface area contributed by atoms with E-state index in [4.69, 9.17) is 0 Å². The third kappa shape index (κ3) is 2.97. The summed E-state index contributed by atoms with van der Waals surface area (Å²) in [5, 5.41) is 2.86. The molecule has 0 fully saturated rings. The average molecular weight is 345 g/mol. The molecule has 26 heavy (non-hydrogen) atoms. The van der Waals surface area contributed by atoms with Crippen molar-refractivity contribution in [3.05, 3.63) is 77.4 Å². The predicted octanol–water partition coefficient (Wildman–Crippen LogP) is 3.68. The fourth-order valence-corrected chi connectivity index (χ4v) is 3.13. The fraction of sp³-hybridized carbons (Fsp3) is 0.150. The first-order valence-corrected chi connectivity index (χ1v) is 8.43. The number of carbonyl (C=O) groups is 1. The molecular weight excluding hydrogens is 326 g/mol. The molecule has 0 spiro atoms. The highest BCUT2D eigenvalue weighted by atomic mass is 16.1. The summed E-state index contributed by atoms with van der Waals surface area (Å²) in [4.78, 5) is 24.3. The number of amides is 1. The molecule has 4 rings (SSSR count). The number of hydrogen-bond acceptors (Lipinski definition) is 3. The molecule has 0 aliphatic rings. The summed E-state index contributed by atoms with van der Waals surface area (Å²) in [5.74, 6) is 0.285. The first kappa shape index (κ1) is 16.1. The lowest BCUT2D eigenvalue weighted by Gasteiger charge is -2.09. The van der Waals surface area contributed by atoms with Crippen LogP contribution in [0.15, 0.2) is 54.9 Å². The number of rotatable bonds is 4. The lowest BCUT2D eigenvalue weighted by atomic mass is 10.2. The minimum atomic E-state index is -0.168. The van der Waals surface area contributed by atoms with Crippen LogP contribution >= 0.6 is 0 Å². The zero-order valence-corrected chi connectivity index (χ0v) is 14.7. The fourth-order valence-electron chi connectivity index (χ4n) is 3.13. The van der Waals surface area contributed by atoms with E-state index in [1.54, 1.807) is 12.4 Å². The van der Waals surface area contributed by atoms with E-state index >= 15 is 0 Å². The maximum Gasteiger partial charge on any atom is 0.259 e. The van der Waals surface area contributed by atoms with Crippen LogP contribution in [-0.2, 0) is 6.54 Å². The van der Waals surface area contributed by atoms with Crippen molar-refractivity contribution in [2.24, 2.45) is 0 Å². The number of carbonyl (C=O) groups excluding carboxylic acids is 1. The summed E-state index contributed by atoms with van der Waals surface area (Å²) in [6.45, 7) is 4.67. The number of nitrogens with one attached hydrogen (secondary N) is 2. The van der Waals surface area contributed by atoms with Gasteiger partial charge in [-0.1, -0.05) is 12.1 Å². The normalized spacial score (nSPS) is 11.0. The van der Waals surface area contributed by atoms with Crippen molar-refractivity contribution in [3.63, 3.8) is 0 Å². The Bertz CT molecular complexity index is 1050. The molecule has 0 radical (unpaired) electrons. The van der Waals surface area contributed by atoms with E-state index in [9.17, 15) is 4.79 Å². The SMILES string of the molecule is Cc1cc(C(=O)Nc2nc3ccccc3[nH]2)c(C)n1Cc1ccncc1. The standard InChI is InChI=1S/C20H19N5O/c1-13-11-16(14(2)25(13)12-15-7-9-21-10-8-15)19(26)24-20-22-17-5-3-4-6-18(17)23-20/h3-11H,12H2,1-2H3,(H2,22,23,24,26). The topological polar surface area (TPSA) is 75.6 Å². The molecule has 0 atom stereocenters. The van der Waals surface area contributed by atoms with Gasteiger partial charge in [-0.15, -0.1) is 0 Å². The smallest absolute Gasteiger partial charge is 0.259 e.